The monoisotopic (exact) mass is 251 g/mol. The molecule has 0 saturated heterocycles. The molecule has 1 aromatic carbocycles. The molecule has 0 aromatic heterocycles. The van der Waals surface area contributed by atoms with Crippen molar-refractivity contribution in [3.8, 4) is 0 Å². The van der Waals surface area contributed by atoms with Crippen molar-refractivity contribution in [3.63, 3.8) is 0 Å². The fourth-order valence-corrected chi connectivity index (χ4v) is 3.61. The second-order valence-electron chi connectivity index (χ2n) is 5.85. The number of halogens is 2. The highest BCUT2D eigenvalue weighted by molar-refractivity contribution is 5.30. The van der Waals surface area contributed by atoms with E-state index in [2.05, 4.69) is 5.32 Å². The first-order valence-electron chi connectivity index (χ1n) is 6.73. The van der Waals surface area contributed by atoms with Crippen LogP contribution in [0.4, 0.5) is 8.78 Å². The zero-order valence-electron chi connectivity index (χ0n) is 10.8. The molecule has 0 radical (unpaired) electrons. The summed E-state index contributed by atoms with van der Waals surface area (Å²) in [5.74, 6) is 1.22. The Morgan fingerprint density at radius 2 is 1.83 bits per heavy atom. The van der Waals surface area contributed by atoms with E-state index in [9.17, 15) is 8.78 Å². The van der Waals surface area contributed by atoms with Gasteiger partial charge in [0, 0.05) is 11.6 Å². The minimum Gasteiger partial charge on any atom is -0.313 e. The maximum Gasteiger partial charge on any atom is 0.133 e. The van der Waals surface area contributed by atoms with Crippen LogP contribution < -0.4 is 5.32 Å². The Kier molecular flexibility index (Phi) is 2.89. The van der Waals surface area contributed by atoms with Crippen LogP contribution in [-0.4, -0.2) is 7.05 Å². The van der Waals surface area contributed by atoms with Gasteiger partial charge in [0.05, 0.1) is 0 Å². The lowest BCUT2D eigenvalue weighted by Gasteiger charge is -2.26. The van der Waals surface area contributed by atoms with Gasteiger partial charge in [-0.05, 0) is 62.6 Å². The van der Waals surface area contributed by atoms with Gasteiger partial charge in [0.1, 0.15) is 11.6 Å². The standard InChI is InChI=1S/C15H19F2N/c1-8-3-4-12(16)13(14(8)17)15(18-2)11-6-9-5-10(9)7-11/h3-4,9-11,15,18H,5-7H2,1-2H3. The summed E-state index contributed by atoms with van der Waals surface area (Å²) in [6, 6.07) is 2.71. The van der Waals surface area contributed by atoms with Gasteiger partial charge in [-0.3, -0.25) is 0 Å². The number of fused-ring (bicyclic) bond motifs is 1. The van der Waals surface area contributed by atoms with Gasteiger partial charge < -0.3 is 5.32 Å². The Morgan fingerprint density at radius 1 is 1.17 bits per heavy atom. The third kappa shape index (κ3) is 1.85. The Hall–Kier alpha value is -0.960. The zero-order valence-corrected chi connectivity index (χ0v) is 10.8. The number of aryl methyl sites for hydroxylation is 1. The summed E-state index contributed by atoms with van der Waals surface area (Å²) < 4.78 is 28.1. The van der Waals surface area contributed by atoms with Gasteiger partial charge in [-0.25, -0.2) is 8.78 Å². The second-order valence-corrected chi connectivity index (χ2v) is 5.85. The van der Waals surface area contributed by atoms with E-state index in [0.29, 0.717) is 11.5 Å². The lowest BCUT2D eigenvalue weighted by atomic mass is 9.88. The Labute approximate surface area is 107 Å². The molecule has 2 fully saturated rings. The fraction of sp³-hybridized carbons (Fsp3) is 0.600. The van der Waals surface area contributed by atoms with Crippen molar-refractivity contribution in [2.24, 2.45) is 17.8 Å². The SMILES string of the molecule is CNC(c1c(F)ccc(C)c1F)C1CC2CC2C1. The van der Waals surface area contributed by atoms with Crippen LogP contribution in [-0.2, 0) is 0 Å². The molecule has 0 spiro atoms. The third-order valence-electron chi connectivity index (χ3n) is 4.69. The summed E-state index contributed by atoms with van der Waals surface area (Å²) in [5, 5.41) is 3.13. The summed E-state index contributed by atoms with van der Waals surface area (Å²) in [6.45, 7) is 1.69. The first-order valence-corrected chi connectivity index (χ1v) is 6.73. The van der Waals surface area contributed by atoms with Crippen LogP contribution >= 0.6 is 0 Å². The smallest absolute Gasteiger partial charge is 0.133 e. The molecule has 2 aliphatic carbocycles. The maximum atomic E-state index is 14.2. The van der Waals surface area contributed by atoms with Crippen molar-refractivity contribution in [1.29, 1.82) is 0 Å². The van der Waals surface area contributed by atoms with Crippen molar-refractivity contribution < 1.29 is 8.78 Å². The molecule has 3 rings (SSSR count). The van der Waals surface area contributed by atoms with E-state index in [1.807, 2.05) is 0 Å². The van der Waals surface area contributed by atoms with Crippen molar-refractivity contribution in [1.82, 2.24) is 5.32 Å². The van der Waals surface area contributed by atoms with E-state index >= 15 is 0 Å². The number of hydrogen-bond acceptors (Lipinski definition) is 1. The van der Waals surface area contributed by atoms with E-state index in [-0.39, 0.29) is 17.4 Å². The molecule has 3 atom stereocenters. The molecule has 0 bridgehead atoms. The summed E-state index contributed by atoms with van der Waals surface area (Å²) in [7, 11) is 1.80. The van der Waals surface area contributed by atoms with Crippen LogP contribution in [0, 0.1) is 36.3 Å². The maximum absolute atomic E-state index is 14.2. The first kappa shape index (κ1) is 12.1. The lowest BCUT2D eigenvalue weighted by Crippen LogP contribution is -2.27. The van der Waals surface area contributed by atoms with Gasteiger partial charge in [0.15, 0.2) is 0 Å². The molecule has 0 heterocycles. The molecule has 98 valence electrons. The number of benzene rings is 1. The molecule has 2 aliphatic rings. The lowest BCUT2D eigenvalue weighted by molar-refractivity contribution is 0.338. The normalized spacial score (nSPS) is 31.2. The topological polar surface area (TPSA) is 12.0 Å². The van der Waals surface area contributed by atoms with Gasteiger partial charge in [-0.15, -0.1) is 0 Å². The predicted octanol–water partition coefficient (Wildman–Crippen LogP) is 3.58. The largest absolute Gasteiger partial charge is 0.313 e. The quantitative estimate of drug-likeness (QED) is 0.865. The Balaban J connectivity index is 1.93. The second kappa shape index (κ2) is 4.30. The molecule has 18 heavy (non-hydrogen) atoms. The number of rotatable bonds is 3. The van der Waals surface area contributed by atoms with Gasteiger partial charge in [0.2, 0.25) is 0 Å². The average molecular weight is 251 g/mol. The van der Waals surface area contributed by atoms with Crippen LogP contribution in [0.2, 0.25) is 0 Å². The molecule has 0 aliphatic heterocycles. The molecule has 1 nitrogen and oxygen atoms in total. The molecule has 1 aromatic rings. The minimum absolute atomic E-state index is 0.183. The molecule has 3 heteroatoms. The van der Waals surface area contributed by atoms with Crippen LogP contribution in [0.5, 0.6) is 0 Å². The van der Waals surface area contributed by atoms with E-state index in [1.165, 1.54) is 18.6 Å². The molecule has 2 saturated carbocycles. The summed E-state index contributed by atoms with van der Waals surface area (Å²) in [4.78, 5) is 0. The Bertz CT molecular complexity index is 462. The summed E-state index contributed by atoms with van der Waals surface area (Å²) in [6.07, 6.45) is 3.55. The Morgan fingerprint density at radius 3 is 2.44 bits per heavy atom. The highest BCUT2D eigenvalue weighted by Gasteiger charge is 2.48. The zero-order chi connectivity index (χ0) is 12.9. The van der Waals surface area contributed by atoms with E-state index in [1.54, 1.807) is 14.0 Å². The van der Waals surface area contributed by atoms with Crippen LogP contribution in [0.3, 0.4) is 0 Å². The molecule has 0 amide bonds. The van der Waals surface area contributed by atoms with Crippen molar-refractivity contribution in [2.75, 3.05) is 7.05 Å². The fourth-order valence-electron chi connectivity index (χ4n) is 3.61. The van der Waals surface area contributed by atoms with Gasteiger partial charge in [-0.2, -0.15) is 0 Å². The van der Waals surface area contributed by atoms with Crippen LogP contribution in [0.1, 0.15) is 36.4 Å². The molecule has 3 unspecified atom stereocenters. The third-order valence-corrected chi connectivity index (χ3v) is 4.69. The molecular weight excluding hydrogens is 232 g/mol. The molecular formula is C15H19F2N. The van der Waals surface area contributed by atoms with E-state index < -0.39 is 5.82 Å². The minimum atomic E-state index is -0.418. The van der Waals surface area contributed by atoms with Gasteiger partial charge in [-0.1, -0.05) is 6.07 Å². The van der Waals surface area contributed by atoms with E-state index in [4.69, 9.17) is 0 Å². The van der Waals surface area contributed by atoms with E-state index in [0.717, 1.165) is 24.7 Å². The summed E-state index contributed by atoms with van der Waals surface area (Å²) >= 11 is 0. The molecule has 1 N–H and O–H groups in total. The number of nitrogens with one attached hydrogen (secondary N) is 1. The predicted molar refractivity (Wildman–Crippen MR) is 67.2 cm³/mol. The highest BCUT2D eigenvalue weighted by Crippen LogP contribution is 2.57. The van der Waals surface area contributed by atoms with Crippen LogP contribution in [0.15, 0.2) is 12.1 Å². The van der Waals surface area contributed by atoms with Crippen LogP contribution in [0.25, 0.3) is 0 Å². The van der Waals surface area contributed by atoms with Crippen molar-refractivity contribution in [3.05, 3.63) is 34.9 Å². The van der Waals surface area contributed by atoms with Crippen molar-refractivity contribution >= 4 is 0 Å². The average Bonchev–Trinajstić information content (AvgIpc) is 2.97. The van der Waals surface area contributed by atoms with Gasteiger partial charge in [0.25, 0.3) is 0 Å². The highest BCUT2D eigenvalue weighted by atomic mass is 19.1. The van der Waals surface area contributed by atoms with Gasteiger partial charge >= 0.3 is 0 Å². The number of hydrogen-bond donors (Lipinski definition) is 1. The van der Waals surface area contributed by atoms with Crippen molar-refractivity contribution in [2.45, 2.75) is 32.2 Å². The first-order chi connectivity index (χ1) is 8.61. The summed E-state index contributed by atoms with van der Waals surface area (Å²) in [5.41, 5.74) is 0.763.